The van der Waals surface area contributed by atoms with Gasteiger partial charge in [-0.15, -0.1) is 11.6 Å². The maximum atomic E-state index is 10.6. The van der Waals surface area contributed by atoms with Crippen LogP contribution in [0.5, 0.6) is 0 Å². The summed E-state index contributed by atoms with van der Waals surface area (Å²) in [7, 11) is 0. The molecular formula is C11H15ClN2O2. The second-order valence-corrected chi connectivity index (χ2v) is 3.84. The molecule has 0 fully saturated rings. The topological polar surface area (TPSA) is 75.3 Å². The van der Waals surface area contributed by atoms with Gasteiger partial charge in [0.25, 0.3) is 0 Å². The molecule has 5 heteroatoms. The minimum atomic E-state index is -0.982. The minimum Gasteiger partial charge on any atom is -0.480 e. The molecule has 1 aromatic rings. The normalized spacial score (nSPS) is 12.1. The van der Waals surface area contributed by atoms with E-state index in [-0.39, 0.29) is 0 Å². The van der Waals surface area contributed by atoms with Crippen molar-refractivity contribution >= 4 is 23.3 Å². The second kappa shape index (κ2) is 6.35. The molecule has 0 spiro atoms. The van der Waals surface area contributed by atoms with Crippen molar-refractivity contribution in [1.29, 1.82) is 0 Å². The number of hydrogen-bond donors (Lipinski definition) is 3. The predicted octanol–water partition coefficient (Wildman–Crippen LogP) is 1.29. The van der Waals surface area contributed by atoms with Gasteiger partial charge in [0.1, 0.15) is 6.04 Å². The highest BCUT2D eigenvalue weighted by Crippen LogP contribution is 2.10. The molecule has 0 saturated carbocycles. The summed E-state index contributed by atoms with van der Waals surface area (Å²) < 4.78 is 0. The second-order valence-electron chi connectivity index (χ2n) is 3.46. The van der Waals surface area contributed by atoms with Crippen molar-refractivity contribution in [3.63, 3.8) is 0 Å². The first kappa shape index (κ1) is 12.8. The molecule has 0 radical (unpaired) electrons. The summed E-state index contributed by atoms with van der Waals surface area (Å²) >= 11 is 5.54. The summed E-state index contributed by atoms with van der Waals surface area (Å²) in [5.74, 6) is -0.435. The molecule has 0 saturated heterocycles. The summed E-state index contributed by atoms with van der Waals surface area (Å²) in [6.45, 7) is 0.704. The van der Waals surface area contributed by atoms with Crippen LogP contribution in [0.2, 0.25) is 0 Å². The number of anilines is 1. The van der Waals surface area contributed by atoms with Gasteiger partial charge in [0, 0.05) is 18.1 Å². The number of aliphatic carboxylic acids is 1. The van der Waals surface area contributed by atoms with E-state index in [1.54, 1.807) is 0 Å². The third-order valence-corrected chi connectivity index (χ3v) is 2.34. The number of nitrogens with two attached hydrogens (primary N) is 1. The number of halogens is 1. The Morgan fingerprint density at radius 2 is 2.06 bits per heavy atom. The molecule has 88 valence electrons. The summed E-state index contributed by atoms with van der Waals surface area (Å²) in [5.41, 5.74) is 7.31. The van der Waals surface area contributed by atoms with Gasteiger partial charge < -0.3 is 16.2 Å². The smallest absolute Gasteiger partial charge is 0.320 e. The lowest BCUT2D eigenvalue weighted by molar-refractivity contribution is -0.138. The fraction of sp³-hybridized carbons (Fsp3) is 0.364. The number of carbonyl (C=O) groups is 1. The van der Waals surface area contributed by atoms with E-state index in [4.69, 9.17) is 22.4 Å². The number of carboxylic acid groups (broad SMARTS) is 1. The van der Waals surface area contributed by atoms with Crippen LogP contribution in [0.25, 0.3) is 0 Å². The number of carboxylic acids is 1. The van der Waals surface area contributed by atoms with Crippen LogP contribution in [0, 0.1) is 0 Å². The zero-order valence-electron chi connectivity index (χ0n) is 8.82. The lowest BCUT2D eigenvalue weighted by atomic mass is 10.1. The zero-order valence-corrected chi connectivity index (χ0v) is 9.57. The maximum Gasteiger partial charge on any atom is 0.320 e. The van der Waals surface area contributed by atoms with Crippen molar-refractivity contribution in [3.8, 4) is 0 Å². The maximum absolute atomic E-state index is 10.6. The van der Waals surface area contributed by atoms with Crippen molar-refractivity contribution in [2.75, 3.05) is 17.7 Å². The van der Waals surface area contributed by atoms with Crippen molar-refractivity contribution in [2.45, 2.75) is 12.5 Å². The molecule has 0 bridgehead atoms. The van der Waals surface area contributed by atoms with Crippen LogP contribution < -0.4 is 11.1 Å². The molecule has 0 aliphatic rings. The molecule has 0 aliphatic carbocycles. The average Bonchev–Trinajstić information content (AvgIpc) is 2.28. The van der Waals surface area contributed by atoms with E-state index >= 15 is 0 Å². The number of hydrogen-bond acceptors (Lipinski definition) is 3. The van der Waals surface area contributed by atoms with Crippen LogP contribution >= 0.6 is 11.6 Å². The molecule has 1 atom stereocenters. The number of nitrogens with one attached hydrogen (secondary N) is 1. The van der Waals surface area contributed by atoms with Crippen LogP contribution in [0.1, 0.15) is 5.56 Å². The van der Waals surface area contributed by atoms with Crippen LogP contribution in [0.15, 0.2) is 24.3 Å². The minimum absolute atomic E-state index is 0.338. The Kier molecular flexibility index (Phi) is 5.08. The number of rotatable bonds is 6. The number of alkyl halides is 1. The summed E-state index contributed by atoms with van der Waals surface area (Å²) in [6.07, 6.45) is 0.338. The van der Waals surface area contributed by atoms with E-state index in [0.29, 0.717) is 18.8 Å². The van der Waals surface area contributed by atoms with E-state index < -0.39 is 12.0 Å². The van der Waals surface area contributed by atoms with Gasteiger partial charge in [0.15, 0.2) is 0 Å². The third-order valence-electron chi connectivity index (χ3n) is 2.15. The van der Waals surface area contributed by atoms with Gasteiger partial charge >= 0.3 is 5.97 Å². The molecule has 1 aromatic carbocycles. The van der Waals surface area contributed by atoms with Gasteiger partial charge in [-0.3, -0.25) is 4.79 Å². The molecule has 16 heavy (non-hydrogen) atoms. The van der Waals surface area contributed by atoms with Gasteiger partial charge in [-0.2, -0.15) is 0 Å². The van der Waals surface area contributed by atoms with Crippen LogP contribution in [0.3, 0.4) is 0 Å². The van der Waals surface area contributed by atoms with E-state index in [1.807, 2.05) is 24.3 Å². The van der Waals surface area contributed by atoms with E-state index in [9.17, 15) is 4.79 Å². The SMILES string of the molecule is N[C@H](Cc1ccc(NCCCl)cc1)C(=O)O. The lowest BCUT2D eigenvalue weighted by Gasteiger charge is -2.08. The highest BCUT2D eigenvalue weighted by Gasteiger charge is 2.11. The average molecular weight is 243 g/mol. The quantitative estimate of drug-likeness (QED) is 0.657. The standard InChI is InChI=1S/C11H15ClN2O2/c12-5-6-14-9-3-1-8(2-4-9)7-10(13)11(15)16/h1-4,10,14H,5-7,13H2,(H,15,16)/t10-/m1/s1. The number of benzene rings is 1. The molecular weight excluding hydrogens is 228 g/mol. The predicted molar refractivity (Wildman–Crippen MR) is 65.0 cm³/mol. The molecule has 0 aliphatic heterocycles. The third kappa shape index (κ3) is 4.08. The molecule has 0 aromatic heterocycles. The summed E-state index contributed by atoms with van der Waals surface area (Å²) in [6, 6.07) is 6.65. The Morgan fingerprint density at radius 1 is 1.44 bits per heavy atom. The Balaban J connectivity index is 2.54. The Hall–Kier alpha value is -1.26. The molecule has 0 unspecified atom stereocenters. The van der Waals surface area contributed by atoms with Gasteiger partial charge in [0.2, 0.25) is 0 Å². The zero-order chi connectivity index (χ0) is 12.0. The molecule has 4 nitrogen and oxygen atoms in total. The Labute approximate surface area is 99.4 Å². The molecule has 1 rings (SSSR count). The monoisotopic (exact) mass is 242 g/mol. The lowest BCUT2D eigenvalue weighted by Crippen LogP contribution is -2.32. The van der Waals surface area contributed by atoms with Gasteiger partial charge in [-0.05, 0) is 24.1 Å². The van der Waals surface area contributed by atoms with Gasteiger partial charge in [-0.25, -0.2) is 0 Å². The molecule has 4 N–H and O–H groups in total. The van der Waals surface area contributed by atoms with E-state index in [0.717, 1.165) is 11.3 Å². The summed E-state index contributed by atoms with van der Waals surface area (Å²) in [4.78, 5) is 10.6. The fourth-order valence-corrected chi connectivity index (χ4v) is 1.39. The van der Waals surface area contributed by atoms with E-state index in [1.165, 1.54) is 0 Å². The first-order valence-corrected chi connectivity index (χ1v) is 5.54. The van der Waals surface area contributed by atoms with Crippen LogP contribution in [-0.4, -0.2) is 29.5 Å². The van der Waals surface area contributed by atoms with Crippen molar-refractivity contribution in [1.82, 2.24) is 0 Å². The first-order valence-electron chi connectivity index (χ1n) is 5.00. The van der Waals surface area contributed by atoms with Gasteiger partial charge in [0.05, 0.1) is 0 Å². The first-order chi connectivity index (χ1) is 7.63. The highest BCUT2D eigenvalue weighted by molar-refractivity contribution is 6.18. The molecule has 0 amide bonds. The Bertz CT molecular complexity index is 340. The highest BCUT2D eigenvalue weighted by atomic mass is 35.5. The Morgan fingerprint density at radius 3 is 2.56 bits per heavy atom. The molecule has 0 heterocycles. The van der Waals surface area contributed by atoms with Crippen LogP contribution in [-0.2, 0) is 11.2 Å². The summed E-state index contributed by atoms with van der Waals surface area (Å²) in [5, 5.41) is 11.8. The van der Waals surface area contributed by atoms with Crippen molar-refractivity contribution in [3.05, 3.63) is 29.8 Å². The largest absolute Gasteiger partial charge is 0.480 e. The van der Waals surface area contributed by atoms with E-state index in [2.05, 4.69) is 5.32 Å². The van der Waals surface area contributed by atoms with Gasteiger partial charge in [-0.1, -0.05) is 12.1 Å². The van der Waals surface area contributed by atoms with Crippen molar-refractivity contribution < 1.29 is 9.90 Å². The fourth-order valence-electron chi connectivity index (χ4n) is 1.29. The van der Waals surface area contributed by atoms with Crippen LogP contribution in [0.4, 0.5) is 5.69 Å². The van der Waals surface area contributed by atoms with Crippen molar-refractivity contribution in [2.24, 2.45) is 5.73 Å².